The van der Waals surface area contributed by atoms with Gasteiger partial charge in [-0.3, -0.25) is 0 Å². The van der Waals surface area contributed by atoms with Crippen LogP contribution in [-0.2, 0) is 14.6 Å². The van der Waals surface area contributed by atoms with Gasteiger partial charge in [0.05, 0.1) is 16.9 Å². The number of ether oxygens (including phenoxy) is 1. The predicted molar refractivity (Wildman–Crippen MR) is 59.4 cm³/mol. The van der Waals surface area contributed by atoms with Crippen LogP contribution in [0.2, 0.25) is 0 Å². The van der Waals surface area contributed by atoms with Crippen molar-refractivity contribution in [3.8, 4) is 0 Å². The van der Waals surface area contributed by atoms with Crippen molar-refractivity contribution in [1.29, 1.82) is 0 Å². The Bertz CT molecular complexity index is 518. The second-order valence-electron chi connectivity index (χ2n) is 3.27. The second-order valence-corrected chi connectivity index (χ2v) is 5.07. The molecule has 0 saturated carbocycles. The van der Waals surface area contributed by atoms with Crippen LogP contribution < -0.4 is 0 Å². The maximum Gasteiger partial charge on any atom is 0.449 e. The van der Waals surface area contributed by atoms with Crippen LogP contribution in [0, 0.1) is 0 Å². The minimum atomic E-state index is -4.84. The van der Waals surface area contributed by atoms with Gasteiger partial charge in [-0.2, -0.15) is 13.2 Å². The molecule has 0 heterocycles. The van der Waals surface area contributed by atoms with Gasteiger partial charge in [0.15, 0.2) is 0 Å². The molecule has 0 radical (unpaired) electrons. The Morgan fingerprint density at radius 2 is 1.83 bits per heavy atom. The molecule has 100 valence electrons. The number of alkyl halides is 3. The highest BCUT2D eigenvalue weighted by Gasteiger charge is 2.37. The molecule has 0 unspecified atom stereocenters. The fourth-order valence-electron chi connectivity index (χ4n) is 1.16. The van der Waals surface area contributed by atoms with Crippen LogP contribution in [0.15, 0.2) is 46.4 Å². The molecule has 1 aromatic carbocycles. The lowest BCUT2D eigenvalue weighted by atomic mass is 10.4. The fourth-order valence-corrected chi connectivity index (χ4v) is 2.31. The van der Waals surface area contributed by atoms with Crippen molar-refractivity contribution in [2.75, 3.05) is 6.61 Å². The molecule has 3 nitrogen and oxygen atoms in total. The van der Waals surface area contributed by atoms with Gasteiger partial charge in [0, 0.05) is 0 Å². The van der Waals surface area contributed by atoms with Gasteiger partial charge >= 0.3 is 6.18 Å². The van der Waals surface area contributed by atoms with Gasteiger partial charge in [0.25, 0.3) is 0 Å². The van der Waals surface area contributed by atoms with Crippen molar-refractivity contribution in [3.63, 3.8) is 0 Å². The first kappa shape index (κ1) is 14.6. The highest BCUT2D eigenvalue weighted by Crippen LogP contribution is 2.28. The zero-order valence-electron chi connectivity index (χ0n) is 9.44. The number of halogens is 3. The topological polar surface area (TPSA) is 43.4 Å². The Hall–Kier alpha value is -1.50. The van der Waals surface area contributed by atoms with Crippen molar-refractivity contribution >= 4 is 9.84 Å². The summed E-state index contributed by atoms with van der Waals surface area (Å²) >= 11 is 0. The van der Waals surface area contributed by atoms with Crippen LogP contribution in [0.4, 0.5) is 13.2 Å². The maximum absolute atomic E-state index is 12.5. The van der Waals surface area contributed by atoms with E-state index in [4.69, 9.17) is 0 Å². The molecule has 7 heteroatoms. The largest absolute Gasteiger partial charge is 0.489 e. The summed E-state index contributed by atoms with van der Waals surface area (Å²) in [4.78, 5) is -0.216. The molecule has 0 amide bonds. The highest BCUT2D eigenvalue weighted by molar-refractivity contribution is 7.94. The first-order valence-electron chi connectivity index (χ1n) is 4.99. The SMILES string of the molecule is CCO/C(=C/S(=O)(=O)c1ccccc1)C(F)(F)F. The molecule has 0 aliphatic rings. The summed E-state index contributed by atoms with van der Waals surface area (Å²) in [6.45, 7) is 1.07. The molecule has 0 N–H and O–H groups in total. The van der Waals surface area contributed by atoms with Gasteiger partial charge in [0.1, 0.15) is 0 Å². The van der Waals surface area contributed by atoms with E-state index >= 15 is 0 Å². The zero-order chi connectivity index (χ0) is 13.8. The Kier molecular flexibility index (Phi) is 4.39. The Labute approximate surface area is 103 Å². The lowest BCUT2D eigenvalue weighted by Crippen LogP contribution is -2.16. The average molecular weight is 280 g/mol. The van der Waals surface area contributed by atoms with Crippen LogP contribution in [0.5, 0.6) is 0 Å². The van der Waals surface area contributed by atoms with Crippen molar-refractivity contribution in [2.24, 2.45) is 0 Å². The Balaban J connectivity index is 3.20. The zero-order valence-corrected chi connectivity index (χ0v) is 10.3. The number of allylic oxidation sites excluding steroid dienone is 1. The lowest BCUT2D eigenvalue weighted by molar-refractivity contribution is -0.129. The molecule has 0 saturated heterocycles. The monoisotopic (exact) mass is 280 g/mol. The van der Waals surface area contributed by atoms with E-state index in [1.807, 2.05) is 0 Å². The third-order valence-corrected chi connectivity index (χ3v) is 3.37. The summed E-state index contributed by atoms with van der Waals surface area (Å²) in [5.74, 6) is -1.52. The second kappa shape index (κ2) is 5.43. The van der Waals surface area contributed by atoms with Gasteiger partial charge in [0.2, 0.25) is 15.6 Å². The average Bonchev–Trinajstić information content (AvgIpc) is 2.28. The minimum Gasteiger partial charge on any atom is -0.489 e. The van der Waals surface area contributed by atoms with Crippen molar-refractivity contribution in [1.82, 2.24) is 0 Å². The summed E-state index contributed by atoms with van der Waals surface area (Å²) in [5.41, 5.74) is 0. The van der Waals surface area contributed by atoms with Gasteiger partial charge in [-0.05, 0) is 19.1 Å². The molecule has 0 aliphatic carbocycles. The third-order valence-electron chi connectivity index (χ3n) is 1.91. The van der Waals surface area contributed by atoms with Crippen molar-refractivity contribution < 1.29 is 26.3 Å². The third kappa shape index (κ3) is 3.76. The normalized spacial score (nSPS) is 13.4. The maximum atomic E-state index is 12.5. The summed E-state index contributed by atoms with van der Waals surface area (Å²) in [7, 11) is -4.17. The predicted octanol–water partition coefficient (Wildman–Crippen LogP) is 2.90. The molecule has 1 aromatic rings. The van der Waals surface area contributed by atoms with Gasteiger partial charge < -0.3 is 4.74 Å². The van der Waals surface area contributed by atoms with Crippen LogP contribution >= 0.6 is 0 Å². The van der Waals surface area contributed by atoms with E-state index in [9.17, 15) is 21.6 Å². The van der Waals surface area contributed by atoms with Crippen LogP contribution in [0.25, 0.3) is 0 Å². The number of benzene rings is 1. The van der Waals surface area contributed by atoms with Gasteiger partial charge in [-0.15, -0.1) is 0 Å². The van der Waals surface area contributed by atoms with Crippen LogP contribution in [0.1, 0.15) is 6.92 Å². The van der Waals surface area contributed by atoms with Crippen LogP contribution in [0.3, 0.4) is 0 Å². The number of sulfone groups is 1. The van der Waals surface area contributed by atoms with Crippen molar-refractivity contribution in [2.45, 2.75) is 18.0 Å². The summed E-state index contributed by atoms with van der Waals surface area (Å²) in [6.07, 6.45) is -4.84. The number of rotatable bonds is 4. The molecule has 0 atom stereocenters. The van der Waals surface area contributed by atoms with E-state index in [0.717, 1.165) is 0 Å². The fraction of sp³-hybridized carbons (Fsp3) is 0.273. The number of hydrogen-bond donors (Lipinski definition) is 0. The molecule has 0 aromatic heterocycles. The van der Waals surface area contributed by atoms with E-state index in [1.165, 1.54) is 31.2 Å². The molecule has 0 fully saturated rings. The first-order chi connectivity index (χ1) is 8.27. The quantitative estimate of drug-likeness (QED) is 0.796. The molecule has 1 rings (SSSR count). The molecule has 0 bridgehead atoms. The van der Waals surface area contributed by atoms with E-state index in [1.54, 1.807) is 6.07 Å². The van der Waals surface area contributed by atoms with E-state index in [0.29, 0.717) is 0 Å². The summed E-state index contributed by atoms with van der Waals surface area (Å²) < 4.78 is 65.2. The van der Waals surface area contributed by atoms with E-state index in [2.05, 4.69) is 4.74 Å². The van der Waals surface area contributed by atoms with E-state index < -0.39 is 21.8 Å². The summed E-state index contributed by atoms with van der Waals surface area (Å²) in [5, 5.41) is 0.103. The Morgan fingerprint density at radius 1 is 1.28 bits per heavy atom. The standard InChI is InChI=1S/C11H11F3O3S/c1-2-17-10(11(12,13)14)8-18(15,16)9-6-4-3-5-7-9/h3-8H,2H2,1H3/b10-8+. The van der Waals surface area contributed by atoms with Crippen molar-refractivity contribution in [3.05, 3.63) is 41.5 Å². The summed E-state index contributed by atoms with van der Waals surface area (Å²) in [6, 6.07) is 6.84. The molecular weight excluding hydrogens is 269 g/mol. The Morgan fingerprint density at radius 3 is 2.28 bits per heavy atom. The van der Waals surface area contributed by atoms with E-state index in [-0.39, 0.29) is 16.9 Å². The van der Waals surface area contributed by atoms with Crippen LogP contribution in [-0.4, -0.2) is 21.2 Å². The molecule has 18 heavy (non-hydrogen) atoms. The highest BCUT2D eigenvalue weighted by atomic mass is 32.2. The molecule has 0 spiro atoms. The lowest BCUT2D eigenvalue weighted by Gasteiger charge is -2.11. The first-order valence-corrected chi connectivity index (χ1v) is 6.54. The smallest absolute Gasteiger partial charge is 0.449 e. The minimum absolute atomic E-state index is 0.103. The van der Waals surface area contributed by atoms with Gasteiger partial charge in [-0.1, -0.05) is 18.2 Å². The number of hydrogen-bond acceptors (Lipinski definition) is 3. The molecular formula is C11H11F3O3S. The van der Waals surface area contributed by atoms with Gasteiger partial charge in [-0.25, -0.2) is 8.42 Å². The molecule has 0 aliphatic heterocycles.